The fourth-order valence-corrected chi connectivity index (χ4v) is 2.00. The van der Waals surface area contributed by atoms with Gasteiger partial charge in [0.25, 0.3) is 5.91 Å². The second-order valence-corrected chi connectivity index (χ2v) is 4.52. The van der Waals surface area contributed by atoms with Crippen molar-refractivity contribution in [2.24, 2.45) is 5.73 Å². The topological polar surface area (TPSA) is 84.4 Å². The molecule has 0 saturated carbocycles. The maximum Gasteiger partial charge on any atom is 0.257 e. The van der Waals surface area contributed by atoms with Crippen LogP contribution in [0.1, 0.15) is 35.8 Å². The molecule has 0 bridgehead atoms. The number of aliphatic hydroxyl groups is 1. The lowest BCUT2D eigenvalue weighted by Crippen LogP contribution is -2.34. The Labute approximate surface area is 114 Å². The molecule has 0 aliphatic heterocycles. The van der Waals surface area contributed by atoms with E-state index in [1.54, 1.807) is 11.1 Å². The summed E-state index contributed by atoms with van der Waals surface area (Å²) in [7, 11) is 0. The number of rotatable bonds is 8. The van der Waals surface area contributed by atoms with E-state index in [0.29, 0.717) is 25.2 Å². The van der Waals surface area contributed by atoms with Crippen LogP contribution >= 0.6 is 0 Å². The Hall–Kier alpha value is -1.40. The summed E-state index contributed by atoms with van der Waals surface area (Å²) >= 11 is 0. The molecule has 1 aromatic rings. The first-order chi connectivity index (χ1) is 9.15. The second-order valence-electron chi connectivity index (χ2n) is 4.52. The Balaban J connectivity index is 2.82. The number of hydrogen-bond donors (Lipinski definition) is 2. The summed E-state index contributed by atoms with van der Waals surface area (Å²) in [5, 5.41) is 13.2. The van der Waals surface area contributed by atoms with Crippen molar-refractivity contribution >= 4 is 5.91 Å². The highest BCUT2D eigenvalue weighted by atomic mass is 16.3. The van der Waals surface area contributed by atoms with Crippen molar-refractivity contribution < 1.29 is 9.90 Å². The van der Waals surface area contributed by atoms with E-state index < -0.39 is 0 Å². The van der Waals surface area contributed by atoms with Crippen LogP contribution in [0.25, 0.3) is 0 Å². The third kappa shape index (κ3) is 4.04. The van der Waals surface area contributed by atoms with Gasteiger partial charge in [-0.05, 0) is 26.3 Å². The Morgan fingerprint density at radius 1 is 1.53 bits per heavy atom. The van der Waals surface area contributed by atoms with E-state index in [2.05, 4.69) is 5.10 Å². The lowest BCUT2D eigenvalue weighted by atomic mass is 10.2. The van der Waals surface area contributed by atoms with Crippen LogP contribution in [0.2, 0.25) is 0 Å². The van der Waals surface area contributed by atoms with Gasteiger partial charge in [0.15, 0.2) is 0 Å². The number of carbonyl (C=O) groups is 1. The van der Waals surface area contributed by atoms with Gasteiger partial charge in [0.1, 0.15) is 0 Å². The number of aryl methyl sites for hydroxylation is 1. The Morgan fingerprint density at radius 3 is 2.84 bits per heavy atom. The van der Waals surface area contributed by atoms with Crippen molar-refractivity contribution in [1.82, 2.24) is 14.7 Å². The van der Waals surface area contributed by atoms with Gasteiger partial charge in [0, 0.05) is 25.3 Å². The quantitative estimate of drug-likeness (QED) is 0.714. The SMILES string of the molecule is CCCN(CCO)C(=O)c1cnn(CCCN)c1C. The molecule has 1 aromatic heterocycles. The molecule has 0 saturated heterocycles. The van der Waals surface area contributed by atoms with Gasteiger partial charge in [0.05, 0.1) is 18.4 Å². The van der Waals surface area contributed by atoms with Gasteiger partial charge in [0.2, 0.25) is 0 Å². The average molecular weight is 268 g/mol. The zero-order chi connectivity index (χ0) is 14.3. The van der Waals surface area contributed by atoms with Crippen molar-refractivity contribution in [2.75, 3.05) is 26.2 Å². The van der Waals surface area contributed by atoms with Crippen molar-refractivity contribution in [2.45, 2.75) is 33.2 Å². The van der Waals surface area contributed by atoms with Crippen molar-refractivity contribution in [3.05, 3.63) is 17.5 Å². The fraction of sp³-hybridized carbons (Fsp3) is 0.692. The number of aromatic nitrogens is 2. The van der Waals surface area contributed by atoms with E-state index in [9.17, 15) is 4.79 Å². The molecule has 0 aliphatic carbocycles. The molecule has 19 heavy (non-hydrogen) atoms. The highest BCUT2D eigenvalue weighted by molar-refractivity contribution is 5.95. The van der Waals surface area contributed by atoms with E-state index >= 15 is 0 Å². The molecule has 1 rings (SSSR count). The molecule has 1 heterocycles. The van der Waals surface area contributed by atoms with Crippen molar-refractivity contribution in [1.29, 1.82) is 0 Å². The molecular weight excluding hydrogens is 244 g/mol. The van der Waals surface area contributed by atoms with Crippen molar-refractivity contribution in [3.63, 3.8) is 0 Å². The first-order valence-electron chi connectivity index (χ1n) is 6.78. The third-order valence-electron chi connectivity index (χ3n) is 3.06. The molecule has 0 unspecified atom stereocenters. The predicted octanol–water partition coefficient (Wildman–Crippen LogP) is 0.385. The van der Waals surface area contributed by atoms with Crippen molar-refractivity contribution in [3.8, 4) is 0 Å². The minimum Gasteiger partial charge on any atom is -0.395 e. The fourth-order valence-electron chi connectivity index (χ4n) is 2.00. The molecule has 0 atom stereocenters. The number of amides is 1. The van der Waals surface area contributed by atoms with Gasteiger partial charge in [-0.15, -0.1) is 0 Å². The van der Waals surface area contributed by atoms with E-state index in [4.69, 9.17) is 10.8 Å². The molecule has 0 radical (unpaired) electrons. The lowest BCUT2D eigenvalue weighted by Gasteiger charge is -2.20. The van der Waals surface area contributed by atoms with E-state index in [1.165, 1.54) is 0 Å². The molecule has 6 heteroatoms. The minimum absolute atomic E-state index is 0.0217. The Morgan fingerprint density at radius 2 is 2.26 bits per heavy atom. The van der Waals surface area contributed by atoms with Gasteiger partial charge in [-0.1, -0.05) is 6.92 Å². The van der Waals surface area contributed by atoms with Crippen LogP contribution in [0, 0.1) is 6.92 Å². The summed E-state index contributed by atoms with van der Waals surface area (Å²) in [6.07, 6.45) is 3.31. The number of nitrogens with two attached hydrogens (primary N) is 1. The lowest BCUT2D eigenvalue weighted by molar-refractivity contribution is 0.0721. The second kappa shape index (κ2) is 7.91. The third-order valence-corrected chi connectivity index (χ3v) is 3.06. The van der Waals surface area contributed by atoms with Gasteiger partial charge in [-0.2, -0.15) is 5.10 Å². The Kier molecular flexibility index (Phi) is 6.52. The number of hydrogen-bond acceptors (Lipinski definition) is 4. The number of carbonyl (C=O) groups excluding carboxylic acids is 1. The van der Waals surface area contributed by atoms with Crippen LogP contribution in [0.5, 0.6) is 0 Å². The van der Waals surface area contributed by atoms with Gasteiger partial charge in [-0.25, -0.2) is 0 Å². The average Bonchev–Trinajstić information content (AvgIpc) is 2.76. The first-order valence-corrected chi connectivity index (χ1v) is 6.78. The summed E-state index contributed by atoms with van der Waals surface area (Å²) < 4.78 is 1.81. The minimum atomic E-state index is -0.0626. The summed E-state index contributed by atoms with van der Waals surface area (Å²) in [6.45, 7) is 6.21. The molecule has 0 spiro atoms. The van der Waals surface area contributed by atoms with E-state index in [1.807, 2.05) is 18.5 Å². The highest BCUT2D eigenvalue weighted by Crippen LogP contribution is 2.11. The standard InChI is InChI=1S/C13H24N4O2/c1-3-6-16(8-9-18)13(19)12-10-15-17(11(12)2)7-4-5-14/h10,18H,3-9,14H2,1-2H3. The highest BCUT2D eigenvalue weighted by Gasteiger charge is 2.19. The molecule has 3 N–H and O–H groups in total. The normalized spacial score (nSPS) is 10.7. The zero-order valence-corrected chi connectivity index (χ0v) is 11.8. The summed E-state index contributed by atoms with van der Waals surface area (Å²) in [5.74, 6) is -0.0626. The molecule has 0 aliphatic rings. The molecule has 108 valence electrons. The van der Waals surface area contributed by atoms with Crippen LogP contribution in [-0.4, -0.2) is 51.9 Å². The zero-order valence-electron chi connectivity index (χ0n) is 11.8. The maximum absolute atomic E-state index is 12.4. The summed E-state index contributed by atoms with van der Waals surface area (Å²) in [4.78, 5) is 14.0. The predicted molar refractivity (Wildman–Crippen MR) is 73.9 cm³/mol. The number of nitrogens with zero attached hydrogens (tertiary/aromatic N) is 3. The first kappa shape index (κ1) is 15.7. The van der Waals surface area contributed by atoms with Gasteiger partial charge in [-0.3, -0.25) is 9.48 Å². The molecule has 1 amide bonds. The number of aliphatic hydroxyl groups excluding tert-OH is 1. The molecule has 6 nitrogen and oxygen atoms in total. The summed E-state index contributed by atoms with van der Waals surface area (Å²) in [6, 6.07) is 0. The summed E-state index contributed by atoms with van der Waals surface area (Å²) in [5.41, 5.74) is 6.95. The monoisotopic (exact) mass is 268 g/mol. The van der Waals surface area contributed by atoms with Crippen LogP contribution in [0.15, 0.2) is 6.20 Å². The van der Waals surface area contributed by atoms with Crippen LogP contribution in [-0.2, 0) is 6.54 Å². The largest absolute Gasteiger partial charge is 0.395 e. The molecule has 0 fully saturated rings. The van der Waals surface area contributed by atoms with E-state index in [0.717, 1.165) is 25.1 Å². The van der Waals surface area contributed by atoms with Gasteiger partial charge >= 0.3 is 0 Å². The van der Waals surface area contributed by atoms with Crippen LogP contribution < -0.4 is 5.73 Å². The molecular formula is C13H24N4O2. The smallest absolute Gasteiger partial charge is 0.257 e. The van der Waals surface area contributed by atoms with Crippen LogP contribution in [0.3, 0.4) is 0 Å². The van der Waals surface area contributed by atoms with Crippen LogP contribution in [0.4, 0.5) is 0 Å². The van der Waals surface area contributed by atoms with Gasteiger partial charge < -0.3 is 15.7 Å². The maximum atomic E-state index is 12.4. The Bertz CT molecular complexity index is 397. The van der Waals surface area contributed by atoms with E-state index in [-0.39, 0.29) is 12.5 Å². The molecule has 0 aromatic carbocycles.